The van der Waals surface area contributed by atoms with Gasteiger partial charge in [-0.2, -0.15) is 0 Å². The second-order valence-electron chi connectivity index (χ2n) is 4.69. The lowest BCUT2D eigenvalue weighted by atomic mass is 10.1. The Hall–Kier alpha value is -1.11. The maximum absolute atomic E-state index is 11.8. The van der Waals surface area contributed by atoms with E-state index in [4.69, 9.17) is 9.84 Å². The van der Waals surface area contributed by atoms with Gasteiger partial charge in [-0.3, -0.25) is 0 Å². The van der Waals surface area contributed by atoms with Gasteiger partial charge in [0, 0.05) is 13.2 Å². The molecule has 6 heteroatoms. The maximum atomic E-state index is 11.8. The molecule has 108 valence electrons. The summed E-state index contributed by atoms with van der Waals surface area (Å²) in [5, 5.41) is 9.11. The first-order chi connectivity index (χ1) is 8.92. The molecule has 19 heavy (non-hydrogen) atoms. The topological polar surface area (TPSA) is 75.6 Å². The highest BCUT2D eigenvalue weighted by Crippen LogP contribution is 2.13. The Morgan fingerprint density at radius 2 is 1.84 bits per heavy atom. The zero-order chi connectivity index (χ0) is 14.3. The highest BCUT2D eigenvalue weighted by molar-refractivity contribution is 7.89. The Morgan fingerprint density at radius 3 is 2.42 bits per heavy atom. The van der Waals surface area contributed by atoms with Gasteiger partial charge in [0.25, 0.3) is 0 Å². The summed E-state index contributed by atoms with van der Waals surface area (Å²) in [7, 11) is -3.52. The van der Waals surface area contributed by atoms with Crippen molar-refractivity contribution in [2.24, 2.45) is 5.92 Å². The third-order valence-corrected chi connectivity index (χ3v) is 4.00. The Kier molecular flexibility index (Phi) is 6.27. The van der Waals surface area contributed by atoms with Gasteiger partial charge in [-0.05, 0) is 36.6 Å². The molecule has 0 atom stereocenters. The molecule has 0 saturated carbocycles. The van der Waals surface area contributed by atoms with Crippen LogP contribution in [-0.4, -0.2) is 33.3 Å². The van der Waals surface area contributed by atoms with Gasteiger partial charge < -0.3 is 9.84 Å². The Bertz CT molecular complexity index is 468. The Morgan fingerprint density at radius 1 is 1.21 bits per heavy atom. The number of sulfonamides is 1. The fourth-order valence-electron chi connectivity index (χ4n) is 1.38. The summed E-state index contributed by atoms with van der Waals surface area (Å²) in [5.41, 5.74) is 0. The van der Waals surface area contributed by atoms with Crippen molar-refractivity contribution in [3.05, 3.63) is 24.3 Å². The smallest absolute Gasteiger partial charge is 0.240 e. The zero-order valence-electron chi connectivity index (χ0n) is 11.3. The molecule has 0 amide bonds. The van der Waals surface area contributed by atoms with Crippen molar-refractivity contribution in [2.75, 3.05) is 19.8 Å². The van der Waals surface area contributed by atoms with Crippen LogP contribution in [0.1, 0.15) is 20.3 Å². The van der Waals surface area contributed by atoms with E-state index in [1.54, 1.807) is 0 Å². The van der Waals surface area contributed by atoms with Crippen molar-refractivity contribution in [3.63, 3.8) is 0 Å². The molecule has 0 fully saturated rings. The molecule has 0 unspecified atom stereocenters. The normalized spacial score (nSPS) is 11.9. The van der Waals surface area contributed by atoms with Gasteiger partial charge in [-0.1, -0.05) is 13.8 Å². The highest BCUT2D eigenvalue weighted by Gasteiger charge is 2.12. The molecule has 0 aromatic heterocycles. The SMILES string of the molecule is CC(C)CCOCCNS(=O)(=O)c1ccc(O)cc1. The molecular weight excluding hydrogens is 266 g/mol. The summed E-state index contributed by atoms with van der Waals surface area (Å²) in [5.74, 6) is 0.615. The van der Waals surface area contributed by atoms with Crippen LogP contribution in [0.15, 0.2) is 29.2 Å². The summed E-state index contributed by atoms with van der Waals surface area (Å²) < 4.78 is 31.4. The largest absolute Gasteiger partial charge is 0.508 e. The first-order valence-corrected chi connectivity index (χ1v) is 7.76. The number of nitrogens with one attached hydrogen (secondary N) is 1. The molecule has 0 aliphatic carbocycles. The van der Waals surface area contributed by atoms with E-state index in [0.29, 0.717) is 19.1 Å². The number of ether oxygens (including phenoxy) is 1. The molecular formula is C13H21NO4S. The van der Waals surface area contributed by atoms with Crippen molar-refractivity contribution in [1.29, 1.82) is 0 Å². The van der Waals surface area contributed by atoms with E-state index in [0.717, 1.165) is 6.42 Å². The van der Waals surface area contributed by atoms with Gasteiger partial charge in [0.05, 0.1) is 11.5 Å². The van der Waals surface area contributed by atoms with Crippen molar-refractivity contribution >= 4 is 10.0 Å². The van der Waals surface area contributed by atoms with E-state index >= 15 is 0 Å². The van der Waals surface area contributed by atoms with E-state index in [1.165, 1.54) is 24.3 Å². The molecule has 0 aliphatic rings. The quantitative estimate of drug-likeness (QED) is 0.714. The van der Waals surface area contributed by atoms with Crippen molar-refractivity contribution in [1.82, 2.24) is 4.72 Å². The van der Waals surface area contributed by atoms with E-state index in [1.807, 2.05) is 0 Å². The Labute approximate surface area is 114 Å². The minimum Gasteiger partial charge on any atom is -0.508 e. The number of hydrogen-bond acceptors (Lipinski definition) is 4. The van der Waals surface area contributed by atoms with Crippen molar-refractivity contribution in [2.45, 2.75) is 25.2 Å². The standard InChI is InChI=1S/C13H21NO4S/c1-11(2)7-9-18-10-8-14-19(16,17)13-5-3-12(15)4-6-13/h3-6,11,14-15H,7-10H2,1-2H3. The van der Waals surface area contributed by atoms with Crippen molar-refractivity contribution < 1.29 is 18.3 Å². The lowest BCUT2D eigenvalue weighted by molar-refractivity contribution is 0.128. The molecule has 0 heterocycles. The van der Waals surface area contributed by atoms with Crippen LogP contribution in [0.2, 0.25) is 0 Å². The summed E-state index contributed by atoms with van der Waals surface area (Å²) in [4.78, 5) is 0.132. The number of benzene rings is 1. The molecule has 0 radical (unpaired) electrons. The highest BCUT2D eigenvalue weighted by atomic mass is 32.2. The average Bonchev–Trinajstić information content (AvgIpc) is 2.34. The number of phenolic OH excluding ortho intramolecular Hbond substituents is 1. The first-order valence-electron chi connectivity index (χ1n) is 6.28. The van der Waals surface area contributed by atoms with Crippen LogP contribution in [-0.2, 0) is 14.8 Å². The molecule has 0 saturated heterocycles. The number of hydrogen-bond donors (Lipinski definition) is 2. The number of aromatic hydroxyl groups is 1. The molecule has 0 aliphatic heterocycles. The summed E-state index contributed by atoms with van der Waals surface area (Å²) in [6.07, 6.45) is 0.963. The van der Waals surface area contributed by atoms with Crippen LogP contribution in [0, 0.1) is 5.92 Å². The second-order valence-corrected chi connectivity index (χ2v) is 6.45. The molecule has 1 aromatic rings. The van der Waals surface area contributed by atoms with Gasteiger partial charge in [0.2, 0.25) is 10.0 Å². The minimum absolute atomic E-state index is 0.0379. The van der Waals surface area contributed by atoms with E-state index in [-0.39, 0.29) is 17.2 Å². The fraction of sp³-hybridized carbons (Fsp3) is 0.538. The summed E-state index contributed by atoms with van der Waals surface area (Å²) in [6.45, 7) is 5.44. The monoisotopic (exact) mass is 287 g/mol. The molecule has 1 aromatic carbocycles. The van der Waals surface area contributed by atoms with E-state index in [2.05, 4.69) is 18.6 Å². The fourth-order valence-corrected chi connectivity index (χ4v) is 2.39. The lowest BCUT2D eigenvalue weighted by Gasteiger charge is -2.08. The molecule has 5 nitrogen and oxygen atoms in total. The summed E-state index contributed by atoms with van der Waals surface area (Å²) in [6, 6.07) is 5.40. The van der Waals surface area contributed by atoms with Gasteiger partial charge in [-0.25, -0.2) is 13.1 Å². The molecule has 0 bridgehead atoms. The van der Waals surface area contributed by atoms with Crippen LogP contribution in [0.5, 0.6) is 5.75 Å². The predicted molar refractivity (Wildman–Crippen MR) is 73.6 cm³/mol. The molecule has 0 spiro atoms. The third-order valence-electron chi connectivity index (χ3n) is 2.53. The number of phenols is 1. The van der Waals surface area contributed by atoms with Crippen LogP contribution >= 0.6 is 0 Å². The van der Waals surface area contributed by atoms with Gasteiger partial charge in [-0.15, -0.1) is 0 Å². The number of rotatable bonds is 8. The average molecular weight is 287 g/mol. The van der Waals surface area contributed by atoms with Crippen molar-refractivity contribution in [3.8, 4) is 5.75 Å². The van der Waals surface area contributed by atoms with Crippen LogP contribution in [0.4, 0.5) is 0 Å². The van der Waals surface area contributed by atoms with Gasteiger partial charge in [0.1, 0.15) is 5.75 Å². The van der Waals surface area contributed by atoms with E-state index < -0.39 is 10.0 Å². The zero-order valence-corrected chi connectivity index (χ0v) is 12.1. The Balaban J connectivity index is 2.33. The van der Waals surface area contributed by atoms with Crippen LogP contribution in [0.25, 0.3) is 0 Å². The summed E-state index contributed by atoms with van der Waals surface area (Å²) >= 11 is 0. The van der Waals surface area contributed by atoms with Crippen LogP contribution in [0.3, 0.4) is 0 Å². The van der Waals surface area contributed by atoms with Gasteiger partial charge >= 0.3 is 0 Å². The molecule has 2 N–H and O–H groups in total. The predicted octanol–water partition coefficient (Wildman–Crippen LogP) is 1.73. The second kappa shape index (κ2) is 7.47. The van der Waals surface area contributed by atoms with Crippen LogP contribution < -0.4 is 4.72 Å². The van der Waals surface area contributed by atoms with E-state index in [9.17, 15) is 8.42 Å². The lowest BCUT2D eigenvalue weighted by Crippen LogP contribution is -2.27. The minimum atomic E-state index is -3.52. The maximum Gasteiger partial charge on any atom is 0.240 e. The third kappa shape index (κ3) is 6.04. The van der Waals surface area contributed by atoms with Gasteiger partial charge in [0.15, 0.2) is 0 Å². The molecule has 1 rings (SSSR count). The first kappa shape index (κ1) is 15.9.